The second kappa shape index (κ2) is 21.7. The molecule has 0 unspecified atom stereocenters. The number of aromatic nitrogens is 1. The lowest BCUT2D eigenvalue weighted by molar-refractivity contribution is 0.668. The fourth-order valence-electron chi connectivity index (χ4n) is 11.7. The molecular weight excluding hydrogens is 1020 g/mol. The molecule has 3 aromatic heterocycles. The van der Waals surface area contributed by atoms with E-state index in [1.165, 1.54) is 54.9 Å². The van der Waals surface area contributed by atoms with Gasteiger partial charge in [-0.15, -0.1) is 0 Å². The Morgan fingerprint density at radius 2 is 0.548 bits per heavy atom. The zero-order valence-electron chi connectivity index (χ0n) is 45.8. The maximum atomic E-state index is 6.28. The van der Waals surface area contributed by atoms with Crippen LogP contribution in [0.5, 0.6) is 0 Å². The van der Waals surface area contributed by atoms with Crippen LogP contribution in [0.25, 0.3) is 110 Å². The topological polar surface area (TPSA) is 45.7 Å². The molecule has 0 spiro atoms. The molecule has 0 aliphatic heterocycles. The molecule has 3 heterocycles. The summed E-state index contributed by atoms with van der Waals surface area (Å²) in [6, 6.07) is 109. The van der Waals surface area contributed by atoms with Crippen LogP contribution in [0.3, 0.4) is 0 Å². The van der Waals surface area contributed by atoms with Gasteiger partial charge in [0.2, 0.25) is 0 Å². The molecule has 16 aromatic rings. The lowest BCUT2D eigenvalue weighted by atomic mass is 10.0. The molecule has 0 aliphatic carbocycles. The first-order valence-corrected chi connectivity index (χ1v) is 28.4. The second-order valence-electron chi connectivity index (χ2n) is 21.1. The molecular formula is C79H53N3O2. The summed E-state index contributed by atoms with van der Waals surface area (Å²) in [4.78, 5) is 8.87. The van der Waals surface area contributed by atoms with E-state index >= 15 is 0 Å². The van der Waals surface area contributed by atoms with Gasteiger partial charge in [0.1, 0.15) is 22.3 Å². The van der Waals surface area contributed by atoms with E-state index in [1.807, 2.05) is 36.5 Å². The van der Waals surface area contributed by atoms with Gasteiger partial charge in [-0.25, -0.2) is 0 Å². The fourth-order valence-corrected chi connectivity index (χ4v) is 11.7. The van der Waals surface area contributed by atoms with Gasteiger partial charge in [-0.3, -0.25) is 4.98 Å². The number of benzene rings is 13. The second-order valence-corrected chi connectivity index (χ2v) is 21.1. The van der Waals surface area contributed by atoms with Crippen LogP contribution in [0.4, 0.5) is 34.1 Å². The van der Waals surface area contributed by atoms with Gasteiger partial charge >= 0.3 is 0 Å². The number of nitrogens with zero attached hydrogens (tertiary/aromatic N) is 3. The van der Waals surface area contributed by atoms with Gasteiger partial charge in [0.15, 0.2) is 0 Å². The first-order chi connectivity index (χ1) is 41.6. The molecule has 0 amide bonds. The molecule has 5 nitrogen and oxygen atoms in total. The third-order valence-corrected chi connectivity index (χ3v) is 16.0. The Balaban J connectivity index is 0.000000143. The van der Waals surface area contributed by atoms with Crippen molar-refractivity contribution >= 4 is 99.5 Å². The van der Waals surface area contributed by atoms with Gasteiger partial charge in [0.25, 0.3) is 0 Å². The summed E-state index contributed by atoms with van der Waals surface area (Å²) in [5.41, 5.74) is 19.4. The summed E-state index contributed by atoms with van der Waals surface area (Å²) in [6.07, 6.45) is 3.70. The van der Waals surface area contributed by atoms with Crippen molar-refractivity contribution < 1.29 is 8.83 Å². The predicted octanol–water partition coefficient (Wildman–Crippen LogP) is 22.5. The van der Waals surface area contributed by atoms with Gasteiger partial charge in [-0.05, 0) is 169 Å². The highest BCUT2D eigenvalue weighted by atomic mass is 16.3. The molecule has 396 valence electrons. The minimum Gasteiger partial charge on any atom is -0.456 e. The summed E-state index contributed by atoms with van der Waals surface area (Å²) in [6.45, 7) is 0. The van der Waals surface area contributed by atoms with Crippen molar-refractivity contribution in [1.82, 2.24) is 4.98 Å². The summed E-state index contributed by atoms with van der Waals surface area (Å²) < 4.78 is 12.5. The van der Waals surface area contributed by atoms with Crippen molar-refractivity contribution in [1.29, 1.82) is 0 Å². The van der Waals surface area contributed by atoms with Crippen molar-refractivity contribution in [2.24, 2.45) is 0 Å². The molecule has 0 radical (unpaired) electrons. The number of rotatable bonds is 10. The SMILES string of the molecule is c1ccc(-c2ccc(N(c3ccc(-c4ccc5ccccc5c4)cc3)c3ccc4c(c3)oc3ccccc34)cc2)cc1.c1cncc(-c2ccc(N(c3ccc(-c4ccc5ccccc5c4)cc3)c3ccc4c(c3)oc3ccccc34)cc2)c1. The maximum absolute atomic E-state index is 6.28. The van der Waals surface area contributed by atoms with E-state index in [-0.39, 0.29) is 0 Å². The Hall–Kier alpha value is -11.3. The quantitative estimate of drug-likeness (QED) is 0.137. The van der Waals surface area contributed by atoms with Crippen molar-refractivity contribution in [2.75, 3.05) is 9.80 Å². The molecule has 0 saturated heterocycles. The molecule has 0 saturated carbocycles. The van der Waals surface area contributed by atoms with Crippen LogP contribution in [0.2, 0.25) is 0 Å². The third-order valence-electron chi connectivity index (χ3n) is 16.0. The number of hydrogen-bond donors (Lipinski definition) is 0. The van der Waals surface area contributed by atoms with Crippen LogP contribution < -0.4 is 9.80 Å². The number of anilines is 6. The highest BCUT2D eigenvalue weighted by Crippen LogP contribution is 2.42. The molecule has 0 atom stereocenters. The first kappa shape index (κ1) is 49.7. The highest BCUT2D eigenvalue weighted by Gasteiger charge is 2.19. The molecule has 16 rings (SSSR count). The van der Waals surface area contributed by atoms with E-state index in [4.69, 9.17) is 8.83 Å². The van der Waals surface area contributed by atoms with Crippen LogP contribution >= 0.6 is 0 Å². The smallest absolute Gasteiger partial charge is 0.137 e. The molecule has 0 N–H and O–H groups in total. The summed E-state index contributed by atoms with van der Waals surface area (Å²) in [5, 5.41) is 9.51. The van der Waals surface area contributed by atoms with Crippen LogP contribution in [-0.2, 0) is 0 Å². The minimum atomic E-state index is 0.874. The number of para-hydroxylation sites is 2. The Morgan fingerprint density at radius 1 is 0.214 bits per heavy atom. The average Bonchev–Trinajstić information content (AvgIpc) is 4.35. The number of fused-ring (bicyclic) bond motifs is 8. The Bertz CT molecular complexity index is 4670. The first-order valence-electron chi connectivity index (χ1n) is 28.4. The van der Waals surface area contributed by atoms with Crippen LogP contribution in [-0.4, -0.2) is 4.98 Å². The van der Waals surface area contributed by atoms with Crippen LogP contribution in [0.1, 0.15) is 0 Å². The summed E-state index contributed by atoms with van der Waals surface area (Å²) in [5.74, 6) is 0. The van der Waals surface area contributed by atoms with E-state index in [0.29, 0.717) is 0 Å². The van der Waals surface area contributed by atoms with Crippen molar-refractivity contribution in [3.05, 3.63) is 322 Å². The van der Waals surface area contributed by atoms with Crippen molar-refractivity contribution in [3.63, 3.8) is 0 Å². The van der Waals surface area contributed by atoms with E-state index in [2.05, 4.69) is 294 Å². The molecule has 84 heavy (non-hydrogen) atoms. The number of hydrogen-bond acceptors (Lipinski definition) is 5. The van der Waals surface area contributed by atoms with Crippen LogP contribution in [0.15, 0.2) is 331 Å². The molecule has 0 aliphatic rings. The lowest BCUT2D eigenvalue weighted by Crippen LogP contribution is -2.09. The summed E-state index contributed by atoms with van der Waals surface area (Å²) in [7, 11) is 0. The van der Waals surface area contributed by atoms with Gasteiger partial charge in [0, 0.05) is 80.2 Å². The van der Waals surface area contributed by atoms with E-state index < -0.39 is 0 Å². The predicted molar refractivity (Wildman–Crippen MR) is 351 cm³/mol. The Morgan fingerprint density at radius 3 is 0.988 bits per heavy atom. The van der Waals surface area contributed by atoms with Gasteiger partial charge in [0.05, 0.1) is 0 Å². The largest absolute Gasteiger partial charge is 0.456 e. The highest BCUT2D eigenvalue weighted by molar-refractivity contribution is 6.07. The van der Waals surface area contributed by atoms with Crippen LogP contribution in [0, 0.1) is 0 Å². The monoisotopic (exact) mass is 1080 g/mol. The van der Waals surface area contributed by atoms with Gasteiger partial charge in [-0.2, -0.15) is 0 Å². The van der Waals surface area contributed by atoms with Gasteiger partial charge in [-0.1, -0.05) is 194 Å². The third kappa shape index (κ3) is 9.66. The van der Waals surface area contributed by atoms with E-state index in [0.717, 1.165) is 89.1 Å². The molecule has 0 bridgehead atoms. The molecule has 13 aromatic carbocycles. The molecule has 0 fully saturated rings. The van der Waals surface area contributed by atoms with Crippen molar-refractivity contribution in [2.45, 2.75) is 0 Å². The van der Waals surface area contributed by atoms with Crippen molar-refractivity contribution in [3.8, 4) is 44.5 Å². The average molecular weight is 1080 g/mol. The molecule has 5 heteroatoms. The fraction of sp³-hybridized carbons (Fsp3) is 0. The Labute approximate surface area is 486 Å². The standard InChI is InChI=1S/C40H27NO.C39H26N2O/c1-2-8-28(9-3-1)30-16-20-34(21-17-30)41(36-24-25-38-37-12-6-7-13-39(37)42-40(38)27-36)35-22-18-31(19-23-35)33-15-14-29-10-4-5-11-32(29)26-33;1-2-7-30-24-31(12-11-27(30)6-1)28-13-17-33(18-14-28)41(34-19-15-29(16-20-34)32-8-5-23-40-26-32)35-21-22-37-36-9-3-4-10-38(36)42-39(37)25-35/h1-27H;1-26H. The zero-order chi connectivity index (χ0) is 55.8. The number of pyridine rings is 1. The maximum Gasteiger partial charge on any atom is 0.137 e. The number of furan rings is 2. The normalized spacial score (nSPS) is 11.3. The Kier molecular flexibility index (Phi) is 12.8. The lowest BCUT2D eigenvalue weighted by Gasteiger charge is -2.26. The summed E-state index contributed by atoms with van der Waals surface area (Å²) >= 11 is 0. The zero-order valence-corrected chi connectivity index (χ0v) is 45.8. The van der Waals surface area contributed by atoms with E-state index in [9.17, 15) is 0 Å². The minimum absolute atomic E-state index is 0.874. The van der Waals surface area contributed by atoms with E-state index in [1.54, 1.807) is 6.20 Å². The van der Waals surface area contributed by atoms with Gasteiger partial charge < -0.3 is 18.6 Å².